The average Bonchev–Trinajstić information content (AvgIpc) is 3.34. The summed E-state index contributed by atoms with van der Waals surface area (Å²) in [6.45, 7) is 7.90. The predicted octanol–water partition coefficient (Wildman–Crippen LogP) is 6.40. The molecule has 0 spiro atoms. The zero-order chi connectivity index (χ0) is 26.0. The van der Waals surface area contributed by atoms with Crippen LogP contribution >= 0.6 is 0 Å². The maximum absolute atomic E-state index is 15.6. The number of benzene rings is 2. The number of aliphatic carboxylic acids is 1. The molecule has 1 aliphatic heterocycles. The summed E-state index contributed by atoms with van der Waals surface area (Å²) in [6.07, 6.45) is 4.89. The molecule has 1 unspecified atom stereocenters. The summed E-state index contributed by atoms with van der Waals surface area (Å²) in [5.74, 6) is -1.07. The lowest BCUT2D eigenvalue weighted by Crippen LogP contribution is -2.54. The fourth-order valence-corrected chi connectivity index (χ4v) is 5.77. The first-order chi connectivity index (χ1) is 17.1. The van der Waals surface area contributed by atoms with Gasteiger partial charge in [-0.1, -0.05) is 18.9 Å². The van der Waals surface area contributed by atoms with Crippen LogP contribution in [0.25, 0.3) is 11.1 Å². The molecule has 2 aromatic rings. The zero-order valence-corrected chi connectivity index (χ0v) is 21.9. The summed E-state index contributed by atoms with van der Waals surface area (Å²) in [4.78, 5) is 12.4. The number of nitrogens with one attached hydrogen (secondary N) is 1. The Morgan fingerprint density at radius 3 is 2.42 bits per heavy atom. The van der Waals surface area contributed by atoms with Crippen molar-refractivity contribution >= 4 is 11.7 Å². The molecular formula is C29H38FNO5. The summed E-state index contributed by atoms with van der Waals surface area (Å²) in [6, 6.07) is 7.42. The molecule has 7 heteroatoms. The van der Waals surface area contributed by atoms with Gasteiger partial charge in [0, 0.05) is 24.1 Å². The van der Waals surface area contributed by atoms with E-state index in [9.17, 15) is 9.90 Å². The molecule has 3 atom stereocenters. The second-order valence-corrected chi connectivity index (χ2v) is 10.5. The van der Waals surface area contributed by atoms with Gasteiger partial charge in [0.1, 0.15) is 5.54 Å². The van der Waals surface area contributed by atoms with E-state index in [0.29, 0.717) is 30.7 Å². The van der Waals surface area contributed by atoms with Crippen molar-refractivity contribution in [2.24, 2.45) is 0 Å². The van der Waals surface area contributed by atoms with Crippen LogP contribution in [0.2, 0.25) is 0 Å². The lowest BCUT2D eigenvalue weighted by atomic mass is 9.83. The van der Waals surface area contributed by atoms with Crippen LogP contribution in [0.4, 0.5) is 10.1 Å². The number of hydrogen-bond acceptors (Lipinski definition) is 5. The van der Waals surface area contributed by atoms with E-state index in [1.807, 2.05) is 52.0 Å². The number of aryl methyl sites for hydroxylation is 1. The van der Waals surface area contributed by atoms with Crippen molar-refractivity contribution in [2.75, 3.05) is 12.4 Å². The molecule has 6 nitrogen and oxygen atoms in total. The molecule has 196 valence electrons. The van der Waals surface area contributed by atoms with Crippen molar-refractivity contribution in [3.05, 3.63) is 46.8 Å². The second kappa shape index (κ2) is 10.8. The maximum atomic E-state index is 15.6. The summed E-state index contributed by atoms with van der Waals surface area (Å²) in [5, 5.41) is 13.5. The van der Waals surface area contributed by atoms with Gasteiger partial charge in [0.15, 0.2) is 11.6 Å². The van der Waals surface area contributed by atoms with Crippen LogP contribution in [0.3, 0.4) is 0 Å². The van der Waals surface area contributed by atoms with Gasteiger partial charge in [-0.25, -0.2) is 9.18 Å². The average molecular weight is 500 g/mol. The van der Waals surface area contributed by atoms with Crippen LogP contribution in [0.1, 0.15) is 69.1 Å². The third kappa shape index (κ3) is 5.37. The van der Waals surface area contributed by atoms with Crippen molar-refractivity contribution in [2.45, 2.75) is 96.7 Å². The zero-order valence-electron chi connectivity index (χ0n) is 21.9. The van der Waals surface area contributed by atoms with Crippen molar-refractivity contribution in [3.63, 3.8) is 0 Å². The molecule has 2 aliphatic rings. The number of carboxylic acids is 1. The minimum Gasteiger partial charge on any atom is -0.493 e. The van der Waals surface area contributed by atoms with Crippen LogP contribution < -0.4 is 10.1 Å². The smallest absolute Gasteiger partial charge is 0.329 e. The molecule has 1 heterocycles. The molecule has 2 aromatic carbocycles. The van der Waals surface area contributed by atoms with Gasteiger partial charge in [-0.15, -0.1) is 0 Å². The molecule has 1 saturated heterocycles. The Hall–Kier alpha value is -2.64. The van der Waals surface area contributed by atoms with Crippen LogP contribution in [-0.4, -0.2) is 42.0 Å². The summed E-state index contributed by atoms with van der Waals surface area (Å²) < 4.78 is 33.0. The van der Waals surface area contributed by atoms with Crippen LogP contribution in [0, 0.1) is 19.7 Å². The monoisotopic (exact) mass is 499 g/mol. The lowest BCUT2D eigenvalue weighted by molar-refractivity contribution is -0.151. The molecule has 0 amide bonds. The molecular weight excluding hydrogens is 461 g/mol. The number of carboxylic acid groups (broad SMARTS) is 1. The van der Waals surface area contributed by atoms with Crippen LogP contribution in [-0.2, 0) is 20.9 Å². The molecule has 36 heavy (non-hydrogen) atoms. The Morgan fingerprint density at radius 1 is 1.14 bits per heavy atom. The second-order valence-electron chi connectivity index (χ2n) is 10.5. The molecule has 2 fully saturated rings. The SMILES string of the molecule is COc1c(C)c(C)cc(-c2ccc(NC3(C(=O)O)C[C@@H](C)O[C@@H](C)C3)cc2COC2CCCC2)c1F. The summed E-state index contributed by atoms with van der Waals surface area (Å²) >= 11 is 0. The largest absolute Gasteiger partial charge is 0.493 e. The molecule has 0 bridgehead atoms. The summed E-state index contributed by atoms with van der Waals surface area (Å²) in [7, 11) is 1.48. The van der Waals surface area contributed by atoms with E-state index in [2.05, 4.69) is 5.32 Å². The van der Waals surface area contributed by atoms with Crippen LogP contribution in [0.15, 0.2) is 24.3 Å². The molecule has 0 radical (unpaired) electrons. The topological polar surface area (TPSA) is 77.0 Å². The van der Waals surface area contributed by atoms with E-state index < -0.39 is 17.3 Å². The number of methoxy groups -OCH3 is 1. The minimum absolute atomic E-state index is 0.182. The van der Waals surface area contributed by atoms with E-state index in [4.69, 9.17) is 14.2 Å². The third-order valence-corrected chi connectivity index (χ3v) is 7.63. The van der Waals surface area contributed by atoms with Crippen LogP contribution in [0.5, 0.6) is 5.75 Å². The molecule has 2 N–H and O–H groups in total. The van der Waals surface area contributed by atoms with Gasteiger partial charge in [0.2, 0.25) is 0 Å². The third-order valence-electron chi connectivity index (χ3n) is 7.63. The minimum atomic E-state index is -1.14. The van der Waals surface area contributed by atoms with E-state index in [1.165, 1.54) is 7.11 Å². The van der Waals surface area contributed by atoms with Crippen molar-refractivity contribution < 1.29 is 28.5 Å². The fraction of sp³-hybridized carbons (Fsp3) is 0.552. The first kappa shape index (κ1) is 26.4. The highest BCUT2D eigenvalue weighted by atomic mass is 19.1. The van der Waals surface area contributed by atoms with Gasteiger partial charge < -0.3 is 24.6 Å². The molecule has 1 aliphatic carbocycles. The molecule has 0 aromatic heterocycles. The summed E-state index contributed by atoms with van der Waals surface area (Å²) in [5.41, 5.74) is 3.21. The number of halogens is 1. The van der Waals surface area contributed by atoms with Gasteiger partial charge in [-0.3, -0.25) is 0 Å². The Balaban J connectivity index is 1.74. The first-order valence-electron chi connectivity index (χ1n) is 12.9. The van der Waals surface area contributed by atoms with Crippen molar-refractivity contribution in [1.29, 1.82) is 0 Å². The highest BCUT2D eigenvalue weighted by Gasteiger charge is 2.45. The van der Waals surface area contributed by atoms with Gasteiger partial charge in [0.05, 0.1) is 32.0 Å². The number of ether oxygens (including phenoxy) is 3. The number of hydrogen-bond donors (Lipinski definition) is 2. The Kier molecular flexibility index (Phi) is 7.90. The predicted molar refractivity (Wildman–Crippen MR) is 138 cm³/mol. The van der Waals surface area contributed by atoms with E-state index in [1.54, 1.807) is 0 Å². The van der Waals surface area contributed by atoms with E-state index >= 15 is 4.39 Å². The number of anilines is 1. The van der Waals surface area contributed by atoms with E-state index in [0.717, 1.165) is 47.9 Å². The van der Waals surface area contributed by atoms with Crippen molar-refractivity contribution in [1.82, 2.24) is 0 Å². The standard InChI is InChI=1S/C29H38FNO5/c1-17-12-25(26(30)27(34-5)20(17)4)24-11-10-22(13-21(24)16-35-23-8-6-7-9-23)31-29(28(32)33)14-18(2)36-19(3)15-29/h10-13,18-19,23,31H,6-9,14-16H2,1-5H3,(H,32,33)/t18-,19+,29?. The lowest BCUT2D eigenvalue weighted by Gasteiger charge is -2.41. The molecule has 1 saturated carbocycles. The highest BCUT2D eigenvalue weighted by molar-refractivity contribution is 5.84. The normalized spacial score (nSPS) is 24.6. The maximum Gasteiger partial charge on any atom is 0.329 e. The van der Waals surface area contributed by atoms with E-state index in [-0.39, 0.29) is 24.1 Å². The Morgan fingerprint density at radius 2 is 1.81 bits per heavy atom. The van der Waals surface area contributed by atoms with Gasteiger partial charge in [0.25, 0.3) is 0 Å². The Bertz CT molecular complexity index is 1100. The quantitative estimate of drug-likeness (QED) is 0.438. The van der Waals surface area contributed by atoms with Crippen molar-refractivity contribution in [3.8, 4) is 16.9 Å². The van der Waals surface area contributed by atoms with Gasteiger partial charge in [-0.05, 0) is 81.0 Å². The highest BCUT2D eigenvalue weighted by Crippen LogP contribution is 2.39. The fourth-order valence-electron chi connectivity index (χ4n) is 5.77. The molecule has 4 rings (SSSR count). The Labute approximate surface area is 213 Å². The first-order valence-corrected chi connectivity index (χ1v) is 12.9. The van der Waals surface area contributed by atoms with Gasteiger partial charge in [-0.2, -0.15) is 0 Å². The number of rotatable bonds is 8. The number of carbonyl (C=O) groups is 1. The van der Waals surface area contributed by atoms with Gasteiger partial charge >= 0.3 is 5.97 Å².